The maximum absolute atomic E-state index is 11.6. The van der Waals surface area contributed by atoms with Crippen LogP contribution < -0.4 is 10.1 Å². The Kier molecular flexibility index (Phi) is 5.99. The molecule has 6 heteroatoms. The highest BCUT2D eigenvalue weighted by Crippen LogP contribution is 2.16. The second kappa shape index (κ2) is 7.49. The quantitative estimate of drug-likeness (QED) is 0.684. The van der Waals surface area contributed by atoms with Crippen molar-refractivity contribution in [1.29, 1.82) is 0 Å². The first-order valence-corrected chi connectivity index (χ1v) is 6.30. The van der Waals surface area contributed by atoms with E-state index in [4.69, 9.17) is 9.84 Å². The van der Waals surface area contributed by atoms with Crippen LogP contribution in [0.15, 0.2) is 24.3 Å². The number of aliphatic hydroxyl groups is 1. The van der Waals surface area contributed by atoms with Crippen LogP contribution in [0, 0.1) is 6.92 Å². The van der Waals surface area contributed by atoms with Crippen molar-refractivity contribution in [1.82, 2.24) is 5.32 Å². The van der Waals surface area contributed by atoms with Gasteiger partial charge in [-0.3, -0.25) is 4.79 Å². The van der Waals surface area contributed by atoms with Crippen LogP contribution in [0.1, 0.15) is 18.9 Å². The first kappa shape index (κ1) is 16.0. The minimum atomic E-state index is -1.30. The molecule has 0 saturated heterocycles. The van der Waals surface area contributed by atoms with Crippen LogP contribution in [-0.2, 0) is 9.59 Å². The van der Waals surface area contributed by atoms with Crippen molar-refractivity contribution in [3.63, 3.8) is 0 Å². The van der Waals surface area contributed by atoms with E-state index in [9.17, 15) is 14.7 Å². The van der Waals surface area contributed by atoms with Gasteiger partial charge in [0.05, 0.1) is 19.1 Å². The number of carbonyl (C=O) groups excluding carboxylic acids is 1. The van der Waals surface area contributed by atoms with E-state index >= 15 is 0 Å². The van der Waals surface area contributed by atoms with Crippen molar-refractivity contribution in [3.05, 3.63) is 29.8 Å². The minimum Gasteiger partial charge on any atom is -0.493 e. The second-order valence-corrected chi connectivity index (χ2v) is 4.49. The molecule has 1 aromatic carbocycles. The Morgan fingerprint density at radius 1 is 1.35 bits per heavy atom. The van der Waals surface area contributed by atoms with E-state index in [-0.39, 0.29) is 13.0 Å². The second-order valence-electron chi connectivity index (χ2n) is 4.49. The summed E-state index contributed by atoms with van der Waals surface area (Å²) < 4.78 is 5.44. The number of ether oxygens (including phenoxy) is 1. The fourth-order valence-corrected chi connectivity index (χ4v) is 1.61. The van der Waals surface area contributed by atoms with Gasteiger partial charge < -0.3 is 20.3 Å². The summed E-state index contributed by atoms with van der Waals surface area (Å²) in [6.07, 6.45) is -1.14. The Hall–Kier alpha value is -2.08. The van der Waals surface area contributed by atoms with Gasteiger partial charge in [-0.25, -0.2) is 4.79 Å². The first-order chi connectivity index (χ1) is 9.41. The van der Waals surface area contributed by atoms with Gasteiger partial charge in [0.1, 0.15) is 5.75 Å². The Morgan fingerprint density at radius 2 is 2.00 bits per heavy atom. The van der Waals surface area contributed by atoms with Crippen LogP contribution in [-0.4, -0.2) is 40.8 Å². The monoisotopic (exact) mass is 281 g/mol. The largest absolute Gasteiger partial charge is 0.493 e. The van der Waals surface area contributed by atoms with E-state index in [1.54, 1.807) is 6.07 Å². The first-order valence-electron chi connectivity index (χ1n) is 6.30. The van der Waals surface area contributed by atoms with Gasteiger partial charge in [0.15, 0.2) is 6.04 Å². The number of carbonyl (C=O) groups is 2. The summed E-state index contributed by atoms with van der Waals surface area (Å²) in [5.41, 5.74) is 0.959. The third kappa shape index (κ3) is 4.89. The fourth-order valence-electron chi connectivity index (χ4n) is 1.61. The molecule has 0 aliphatic carbocycles. The molecular formula is C14H19NO5. The van der Waals surface area contributed by atoms with Gasteiger partial charge in [-0.15, -0.1) is 0 Å². The van der Waals surface area contributed by atoms with E-state index in [0.717, 1.165) is 5.56 Å². The summed E-state index contributed by atoms with van der Waals surface area (Å²) in [5.74, 6) is -1.06. The molecule has 0 heterocycles. The number of benzene rings is 1. The topological polar surface area (TPSA) is 95.9 Å². The lowest BCUT2D eigenvalue weighted by atomic mass is 10.2. The highest BCUT2D eigenvalue weighted by atomic mass is 16.5. The molecule has 20 heavy (non-hydrogen) atoms. The Balaban J connectivity index is 2.40. The summed E-state index contributed by atoms with van der Waals surface area (Å²) in [7, 11) is 0. The van der Waals surface area contributed by atoms with Crippen LogP contribution >= 0.6 is 0 Å². The molecule has 1 rings (SSSR count). The van der Waals surface area contributed by atoms with Crippen LogP contribution in [0.25, 0.3) is 0 Å². The SMILES string of the molecule is Cc1ccccc1OCCC(=O)NC(C(=O)O)C(C)O. The predicted molar refractivity (Wildman–Crippen MR) is 72.5 cm³/mol. The number of amides is 1. The molecule has 2 unspecified atom stereocenters. The molecule has 0 aliphatic heterocycles. The van der Waals surface area contributed by atoms with Crippen LogP contribution in [0.5, 0.6) is 5.75 Å². The molecule has 0 spiro atoms. The van der Waals surface area contributed by atoms with E-state index in [1.165, 1.54) is 6.92 Å². The molecule has 0 bridgehead atoms. The maximum atomic E-state index is 11.6. The van der Waals surface area contributed by atoms with Gasteiger partial charge in [0.2, 0.25) is 5.91 Å². The zero-order chi connectivity index (χ0) is 15.1. The lowest BCUT2D eigenvalue weighted by molar-refractivity contribution is -0.144. The van der Waals surface area contributed by atoms with Crippen LogP contribution in [0.2, 0.25) is 0 Å². The van der Waals surface area contributed by atoms with Gasteiger partial charge >= 0.3 is 5.97 Å². The molecule has 0 aromatic heterocycles. The number of aliphatic carboxylic acids is 1. The number of para-hydroxylation sites is 1. The molecule has 0 radical (unpaired) electrons. The van der Waals surface area contributed by atoms with E-state index < -0.39 is 24.0 Å². The smallest absolute Gasteiger partial charge is 0.328 e. The molecule has 0 fully saturated rings. The minimum absolute atomic E-state index is 0.0187. The summed E-state index contributed by atoms with van der Waals surface area (Å²) >= 11 is 0. The highest BCUT2D eigenvalue weighted by Gasteiger charge is 2.24. The lowest BCUT2D eigenvalue weighted by Gasteiger charge is -2.17. The number of aliphatic hydroxyl groups excluding tert-OH is 1. The molecule has 1 aromatic rings. The average Bonchev–Trinajstić information content (AvgIpc) is 2.37. The van der Waals surface area contributed by atoms with Gasteiger partial charge in [0.25, 0.3) is 0 Å². The number of aryl methyl sites for hydroxylation is 1. The number of hydrogen-bond acceptors (Lipinski definition) is 4. The number of nitrogens with one attached hydrogen (secondary N) is 1. The van der Waals surface area contributed by atoms with E-state index in [1.807, 2.05) is 25.1 Å². The van der Waals surface area contributed by atoms with Gasteiger partial charge in [0, 0.05) is 0 Å². The summed E-state index contributed by atoms with van der Waals surface area (Å²) in [5, 5.41) is 20.3. The van der Waals surface area contributed by atoms with E-state index in [0.29, 0.717) is 5.75 Å². The Morgan fingerprint density at radius 3 is 2.55 bits per heavy atom. The van der Waals surface area contributed by atoms with Crippen molar-refractivity contribution >= 4 is 11.9 Å². The molecule has 0 saturated carbocycles. The van der Waals surface area contributed by atoms with Crippen molar-refractivity contribution in [2.75, 3.05) is 6.61 Å². The molecule has 3 N–H and O–H groups in total. The fraction of sp³-hybridized carbons (Fsp3) is 0.429. The average molecular weight is 281 g/mol. The van der Waals surface area contributed by atoms with Crippen molar-refractivity contribution in [2.24, 2.45) is 0 Å². The third-order valence-corrected chi connectivity index (χ3v) is 2.75. The normalized spacial score (nSPS) is 13.3. The number of carboxylic acids is 1. The summed E-state index contributed by atoms with van der Waals surface area (Å²) in [4.78, 5) is 22.4. The summed E-state index contributed by atoms with van der Waals surface area (Å²) in [6.45, 7) is 3.34. The lowest BCUT2D eigenvalue weighted by Crippen LogP contribution is -2.47. The molecule has 1 amide bonds. The van der Waals surface area contributed by atoms with Gasteiger partial charge in [-0.2, -0.15) is 0 Å². The van der Waals surface area contributed by atoms with Crippen LogP contribution in [0.4, 0.5) is 0 Å². The maximum Gasteiger partial charge on any atom is 0.328 e. The van der Waals surface area contributed by atoms with Gasteiger partial charge in [-0.1, -0.05) is 18.2 Å². The number of rotatable bonds is 7. The zero-order valence-electron chi connectivity index (χ0n) is 11.5. The van der Waals surface area contributed by atoms with Crippen molar-refractivity contribution < 1.29 is 24.5 Å². The Labute approximate surface area is 117 Å². The number of carboxylic acid groups (broad SMARTS) is 1. The molecule has 0 aliphatic rings. The Bertz CT molecular complexity index is 472. The molecular weight excluding hydrogens is 262 g/mol. The summed E-state index contributed by atoms with van der Waals surface area (Å²) in [6, 6.07) is 6.10. The zero-order valence-corrected chi connectivity index (χ0v) is 11.5. The van der Waals surface area contributed by atoms with Crippen LogP contribution in [0.3, 0.4) is 0 Å². The van der Waals surface area contributed by atoms with Crippen molar-refractivity contribution in [2.45, 2.75) is 32.4 Å². The number of hydrogen-bond donors (Lipinski definition) is 3. The predicted octanol–water partition coefficient (Wildman–Crippen LogP) is 0.714. The standard InChI is InChI=1S/C14H19NO5/c1-9-5-3-4-6-11(9)20-8-7-12(17)15-13(10(2)16)14(18)19/h3-6,10,13,16H,7-8H2,1-2H3,(H,15,17)(H,18,19). The van der Waals surface area contributed by atoms with E-state index in [2.05, 4.69) is 5.32 Å². The molecule has 110 valence electrons. The highest BCUT2D eigenvalue weighted by molar-refractivity contribution is 5.83. The molecule has 2 atom stereocenters. The van der Waals surface area contributed by atoms with Crippen molar-refractivity contribution in [3.8, 4) is 5.75 Å². The molecule has 6 nitrogen and oxygen atoms in total. The third-order valence-electron chi connectivity index (χ3n) is 2.75. The van der Waals surface area contributed by atoms with Gasteiger partial charge in [-0.05, 0) is 25.5 Å².